The highest BCUT2D eigenvalue weighted by Crippen LogP contribution is 2.12. The van der Waals surface area contributed by atoms with Crippen molar-refractivity contribution in [1.82, 2.24) is 9.88 Å². The fourth-order valence-electron chi connectivity index (χ4n) is 1.56. The van der Waals surface area contributed by atoms with Crippen LogP contribution >= 0.6 is 0 Å². The van der Waals surface area contributed by atoms with Gasteiger partial charge in [-0.05, 0) is 13.0 Å². The van der Waals surface area contributed by atoms with Crippen molar-refractivity contribution in [2.45, 2.75) is 19.0 Å². The number of anilines is 1. The van der Waals surface area contributed by atoms with Crippen LogP contribution in [0.3, 0.4) is 0 Å². The Morgan fingerprint density at radius 3 is 2.39 bits per heavy atom. The second-order valence-electron chi connectivity index (χ2n) is 4.15. The molecule has 1 amide bonds. The molecular formula is C11H19N3O4. The van der Waals surface area contributed by atoms with Gasteiger partial charge in [0.1, 0.15) is 11.2 Å². The van der Waals surface area contributed by atoms with E-state index in [1.54, 1.807) is 10.8 Å². The van der Waals surface area contributed by atoms with Gasteiger partial charge < -0.3 is 30.9 Å². The van der Waals surface area contributed by atoms with Gasteiger partial charge in [0.2, 0.25) is 0 Å². The summed E-state index contributed by atoms with van der Waals surface area (Å²) in [5.74, 6) is -0.509. The number of hydrogen-bond acceptors (Lipinski definition) is 5. The van der Waals surface area contributed by atoms with Crippen LogP contribution < -0.4 is 11.1 Å². The summed E-state index contributed by atoms with van der Waals surface area (Å²) in [6.07, 6.45) is 1.62. The Balaban J connectivity index is 2.93. The monoisotopic (exact) mass is 257 g/mol. The lowest BCUT2D eigenvalue weighted by molar-refractivity contribution is 0.0371. The van der Waals surface area contributed by atoms with Crippen LogP contribution in [0.5, 0.6) is 0 Å². The van der Waals surface area contributed by atoms with Gasteiger partial charge >= 0.3 is 0 Å². The number of aryl methyl sites for hydroxylation is 1. The van der Waals surface area contributed by atoms with Crippen LogP contribution in [0.1, 0.15) is 17.4 Å². The first-order valence-corrected chi connectivity index (χ1v) is 5.62. The lowest BCUT2D eigenvalue weighted by Gasteiger charge is -2.28. The topological polar surface area (TPSA) is 121 Å². The smallest absolute Gasteiger partial charge is 0.268 e. The summed E-state index contributed by atoms with van der Waals surface area (Å²) in [5, 5.41) is 29.8. The van der Waals surface area contributed by atoms with E-state index in [-0.39, 0.29) is 0 Å². The Labute approximate surface area is 105 Å². The normalized spacial score (nSPS) is 11.6. The third kappa shape index (κ3) is 2.81. The molecule has 1 rings (SSSR count). The molecule has 6 N–H and O–H groups in total. The van der Waals surface area contributed by atoms with E-state index in [2.05, 4.69) is 5.32 Å². The highest BCUT2D eigenvalue weighted by Gasteiger charge is 2.31. The second kappa shape index (κ2) is 5.85. The molecule has 0 fully saturated rings. The molecule has 0 atom stereocenters. The maximum atomic E-state index is 12.0. The Morgan fingerprint density at radius 2 is 1.94 bits per heavy atom. The predicted octanol–water partition coefficient (Wildman–Crippen LogP) is -1.46. The van der Waals surface area contributed by atoms with Crippen LogP contribution in [-0.4, -0.2) is 51.2 Å². The van der Waals surface area contributed by atoms with Crippen LogP contribution in [0.4, 0.5) is 5.69 Å². The number of nitrogen functional groups attached to an aromatic ring is 1. The van der Waals surface area contributed by atoms with Crippen molar-refractivity contribution in [3.05, 3.63) is 18.0 Å². The first-order valence-electron chi connectivity index (χ1n) is 5.62. The highest BCUT2D eigenvalue weighted by molar-refractivity contribution is 5.94. The van der Waals surface area contributed by atoms with E-state index in [1.165, 1.54) is 6.07 Å². The molecule has 7 nitrogen and oxygen atoms in total. The fourth-order valence-corrected chi connectivity index (χ4v) is 1.56. The van der Waals surface area contributed by atoms with Crippen LogP contribution in [-0.2, 0) is 6.54 Å². The van der Waals surface area contributed by atoms with Gasteiger partial charge in [-0.1, -0.05) is 0 Å². The van der Waals surface area contributed by atoms with Gasteiger partial charge in [0.25, 0.3) is 5.91 Å². The molecule has 1 aromatic heterocycles. The van der Waals surface area contributed by atoms with Gasteiger partial charge in [0.15, 0.2) is 0 Å². The molecule has 1 aromatic rings. The molecule has 0 aromatic carbocycles. The van der Waals surface area contributed by atoms with Crippen molar-refractivity contribution in [2.24, 2.45) is 0 Å². The van der Waals surface area contributed by atoms with Crippen LogP contribution in [0.15, 0.2) is 12.3 Å². The summed E-state index contributed by atoms with van der Waals surface area (Å²) < 4.78 is 1.64. The van der Waals surface area contributed by atoms with Gasteiger partial charge in [0.05, 0.1) is 25.5 Å². The molecule has 7 heteroatoms. The van der Waals surface area contributed by atoms with Crippen LogP contribution in [0.2, 0.25) is 0 Å². The Bertz CT molecular complexity index is 404. The van der Waals surface area contributed by atoms with Crippen molar-refractivity contribution in [1.29, 1.82) is 0 Å². The number of nitrogens with zero attached hydrogens (tertiary/aromatic N) is 1. The number of hydrogen-bond donors (Lipinski definition) is 5. The SMILES string of the molecule is CCn1cc(N)cc1C(=O)NC(CO)(CO)CO. The number of carbonyl (C=O) groups excluding carboxylic acids is 1. The number of nitrogens with one attached hydrogen (secondary N) is 1. The van der Waals surface area contributed by atoms with E-state index >= 15 is 0 Å². The van der Waals surface area contributed by atoms with E-state index in [9.17, 15) is 4.79 Å². The van der Waals surface area contributed by atoms with Crippen molar-refractivity contribution >= 4 is 11.6 Å². The predicted molar refractivity (Wildman–Crippen MR) is 66.0 cm³/mol. The maximum absolute atomic E-state index is 12.0. The molecule has 0 radical (unpaired) electrons. The summed E-state index contributed by atoms with van der Waals surface area (Å²) in [7, 11) is 0. The summed E-state index contributed by atoms with van der Waals surface area (Å²) >= 11 is 0. The van der Waals surface area contributed by atoms with Crippen molar-refractivity contribution in [3.8, 4) is 0 Å². The number of aliphatic hydroxyl groups is 3. The molecule has 18 heavy (non-hydrogen) atoms. The minimum Gasteiger partial charge on any atom is -0.397 e. The molecule has 102 valence electrons. The highest BCUT2D eigenvalue weighted by atomic mass is 16.3. The lowest BCUT2D eigenvalue weighted by Crippen LogP contribution is -2.57. The minimum absolute atomic E-state index is 0.315. The summed E-state index contributed by atoms with van der Waals surface area (Å²) in [6.45, 7) is 0.730. The number of nitrogens with two attached hydrogens (primary N) is 1. The van der Waals surface area contributed by atoms with Gasteiger partial charge in [-0.15, -0.1) is 0 Å². The molecule has 0 bridgehead atoms. The molecule has 0 aliphatic carbocycles. The van der Waals surface area contributed by atoms with E-state index in [0.29, 0.717) is 17.9 Å². The first kappa shape index (κ1) is 14.5. The van der Waals surface area contributed by atoms with Gasteiger partial charge in [-0.3, -0.25) is 4.79 Å². The van der Waals surface area contributed by atoms with E-state index in [1.807, 2.05) is 6.92 Å². The van der Waals surface area contributed by atoms with E-state index in [0.717, 1.165) is 0 Å². The van der Waals surface area contributed by atoms with E-state index < -0.39 is 31.3 Å². The molecule has 0 aliphatic heterocycles. The Morgan fingerprint density at radius 1 is 1.39 bits per heavy atom. The number of aliphatic hydroxyl groups excluding tert-OH is 3. The average Bonchev–Trinajstić information content (AvgIpc) is 2.77. The third-order valence-electron chi connectivity index (χ3n) is 2.78. The standard InChI is InChI=1S/C11H19N3O4/c1-2-14-4-8(12)3-9(14)10(18)13-11(5-15,6-16)7-17/h3-4,15-17H,2,5-7,12H2,1H3,(H,13,18). The summed E-state index contributed by atoms with van der Waals surface area (Å²) in [4.78, 5) is 12.0. The van der Waals surface area contributed by atoms with Crippen LogP contribution in [0.25, 0.3) is 0 Å². The van der Waals surface area contributed by atoms with Gasteiger partial charge in [-0.25, -0.2) is 0 Å². The van der Waals surface area contributed by atoms with Crippen molar-refractivity contribution < 1.29 is 20.1 Å². The molecule has 0 unspecified atom stereocenters. The summed E-state index contributed by atoms with van der Waals surface area (Å²) in [6, 6.07) is 1.50. The fraction of sp³-hybridized carbons (Fsp3) is 0.545. The largest absolute Gasteiger partial charge is 0.397 e. The zero-order chi connectivity index (χ0) is 13.8. The molecule has 1 heterocycles. The number of amides is 1. The lowest BCUT2D eigenvalue weighted by atomic mass is 10.0. The molecule has 0 saturated heterocycles. The number of carbonyl (C=O) groups is 1. The quantitative estimate of drug-likeness (QED) is 0.426. The van der Waals surface area contributed by atoms with Gasteiger partial charge in [0, 0.05) is 12.7 Å². The van der Waals surface area contributed by atoms with Crippen LogP contribution in [0, 0.1) is 0 Å². The summed E-state index contributed by atoms with van der Waals surface area (Å²) in [5.41, 5.74) is 4.93. The van der Waals surface area contributed by atoms with Crippen molar-refractivity contribution in [3.63, 3.8) is 0 Å². The van der Waals surface area contributed by atoms with Crippen molar-refractivity contribution in [2.75, 3.05) is 25.6 Å². The molecule has 0 spiro atoms. The first-order chi connectivity index (χ1) is 8.51. The maximum Gasteiger partial charge on any atom is 0.268 e. The zero-order valence-corrected chi connectivity index (χ0v) is 10.3. The third-order valence-corrected chi connectivity index (χ3v) is 2.78. The Kier molecular flexibility index (Phi) is 4.71. The second-order valence-corrected chi connectivity index (χ2v) is 4.15. The zero-order valence-electron chi connectivity index (χ0n) is 10.3. The molecular weight excluding hydrogens is 238 g/mol. The average molecular weight is 257 g/mol. The molecule has 0 aliphatic rings. The number of aromatic nitrogens is 1. The van der Waals surface area contributed by atoms with E-state index in [4.69, 9.17) is 21.1 Å². The Hall–Kier alpha value is -1.57. The minimum atomic E-state index is -1.44. The molecule has 0 saturated carbocycles. The number of rotatable bonds is 6. The van der Waals surface area contributed by atoms with Gasteiger partial charge in [-0.2, -0.15) is 0 Å².